The molecule has 164 valence electrons. The van der Waals surface area contributed by atoms with E-state index in [0.717, 1.165) is 48.9 Å². The van der Waals surface area contributed by atoms with E-state index < -0.39 is 11.7 Å². The standard InChI is InChI=1S/C21H22F3N5O2/c1-28-16-4-3-5-25-19(16)27-18(28)10-29-8-13-14(9-29)15(13)11-31-20-17(30-2)6-12(7-26-20)21(22,23)24/h3-7,13-15H,8-11H2,1-2H3/t13-,14+,15?. The molecule has 0 bridgehead atoms. The number of aryl methyl sites for hydroxylation is 1. The molecule has 4 heterocycles. The normalized spacial score (nSPS) is 23.2. The van der Waals surface area contributed by atoms with Crippen molar-refractivity contribution in [2.24, 2.45) is 24.8 Å². The lowest BCUT2D eigenvalue weighted by Crippen LogP contribution is -2.26. The largest absolute Gasteiger partial charge is 0.491 e. The smallest absolute Gasteiger partial charge is 0.418 e. The van der Waals surface area contributed by atoms with Crippen LogP contribution in [0.1, 0.15) is 11.4 Å². The van der Waals surface area contributed by atoms with Crippen LogP contribution in [0.5, 0.6) is 11.6 Å². The van der Waals surface area contributed by atoms with Crippen molar-refractivity contribution in [3.05, 3.63) is 42.0 Å². The molecule has 1 saturated carbocycles. The molecule has 2 fully saturated rings. The third-order valence-corrected chi connectivity index (χ3v) is 6.34. The van der Waals surface area contributed by atoms with Gasteiger partial charge in [0.2, 0.25) is 0 Å². The highest BCUT2D eigenvalue weighted by molar-refractivity contribution is 5.71. The molecule has 3 atom stereocenters. The molecule has 3 aromatic heterocycles. The fourth-order valence-electron chi connectivity index (χ4n) is 4.54. The molecule has 1 aliphatic heterocycles. The first-order valence-electron chi connectivity index (χ1n) is 10.1. The summed E-state index contributed by atoms with van der Waals surface area (Å²) >= 11 is 0. The number of methoxy groups -OCH3 is 1. The SMILES string of the molecule is COc1cc(C(F)(F)F)cnc1OCC1[C@H]2CN(Cc3nc4ncccc4n3C)C[C@@H]12. The third kappa shape index (κ3) is 3.69. The summed E-state index contributed by atoms with van der Waals surface area (Å²) in [5.41, 5.74) is 0.924. The second-order valence-electron chi connectivity index (χ2n) is 8.16. The van der Waals surface area contributed by atoms with E-state index in [-0.39, 0.29) is 11.6 Å². The van der Waals surface area contributed by atoms with Crippen molar-refractivity contribution in [1.82, 2.24) is 24.4 Å². The van der Waals surface area contributed by atoms with Gasteiger partial charge in [-0.2, -0.15) is 13.2 Å². The Kier molecular flexibility index (Phi) is 4.76. The van der Waals surface area contributed by atoms with Crippen LogP contribution in [0.25, 0.3) is 11.2 Å². The van der Waals surface area contributed by atoms with Crippen molar-refractivity contribution < 1.29 is 22.6 Å². The lowest BCUT2D eigenvalue weighted by atomic mass is 10.2. The van der Waals surface area contributed by atoms with E-state index in [9.17, 15) is 13.2 Å². The van der Waals surface area contributed by atoms with E-state index >= 15 is 0 Å². The maximum atomic E-state index is 12.8. The predicted octanol–water partition coefficient (Wildman–Crippen LogP) is 3.15. The van der Waals surface area contributed by atoms with E-state index in [4.69, 9.17) is 9.47 Å². The van der Waals surface area contributed by atoms with Crippen LogP contribution in [0.2, 0.25) is 0 Å². The number of nitrogens with zero attached hydrogens (tertiary/aromatic N) is 5. The molecule has 2 aliphatic rings. The molecule has 3 aromatic rings. The summed E-state index contributed by atoms with van der Waals surface area (Å²) in [6.45, 7) is 3.09. The lowest BCUT2D eigenvalue weighted by molar-refractivity contribution is -0.138. The molecule has 7 nitrogen and oxygen atoms in total. The van der Waals surface area contributed by atoms with Gasteiger partial charge < -0.3 is 14.0 Å². The Balaban J connectivity index is 1.16. The number of imidazole rings is 1. The average Bonchev–Trinajstić information content (AvgIpc) is 3.05. The first kappa shape index (κ1) is 20.0. The monoisotopic (exact) mass is 433 g/mol. The van der Waals surface area contributed by atoms with Gasteiger partial charge in [0, 0.05) is 38.4 Å². The summed E-state index contributed by atoms with van der Waals surface area (Å²) in [4.78, 5) is 15.1. The molecule has 31 heavy (non-hydrogen) atoms. The zero-order valence-electron chi connectivity index (χ0n) is 17.1. The molecule has 1 unspecified atom stereocenters. The molecular formula is C21H22F3N5O2. The number of hydrogen-bond acceptors (Lipinski definition) is 6. The van der Waals surface area contributed by atoms with Crippen LogP contribution < -0.4 is 9.47 Å². The fraction of sp³-hybridized carbons (Fsp3) is 0.476. The molecular weight excluding hydrogens is 411 g/mol. The number of rotatable bonds is 6. The number of pyridine rings is 2. The zero-order valence-corrected chi connectivity index (χ0v) is 17.1. The molecule has 1 aliphatic carbocycles. The molecule has 10 heteroatoms. The molecule has 1 saturated heterocycles. The first-order chi connectivity index (χ1) is 14.8. The van der Waals surface area contributed by atoms with Crippen LogP contribution in [0.3, 0.4) is 0 Å². The Hall–Kier alpha value is -2.88. The summed E-state index contributed by atoms with van der Waals surface area (Å²) in [5.74, 6) is 2.51. The molecule has 0 amide bonds. The van der Waals surface area contributed by atoms with Gasteiger partial charge in [-0.1, -0.05) is 0 Å². The van der Waals surface area contributed by atoms with Gasteiger partial charge in [-0.3, -0.25) is 4.90 Å². The number of likely N-dealkylation sites (tertiary alicyclic amines) is 1. The van der Waals surface area contributed by atoms with Crippen LogP contribution in [0.15, 0.2) is 30.6 Å². The number of hydrogen-bond donors (Lipinski definition) is 0. The van der Waals surface area contributed by atoms with E-state index in [1.165, 1.54) is 7.11 Å². The van der Waals surface area contributed by atoms with Crippen molar-refractivity contribution in [3.63, 3.8) is 0 Å². The second-order valence-corrected chi connectivity index (χ2v) is 8.16. The molecule has 0 N–H and O–H groups in total. The fourth-order valence-corrected chi connectivity index (χ4v) is 4.54. The molecule has 0 radical (unpaired) electrons. The second kappa shape index (κ2) is 7.37. The van der Waals surface area contributed by atoms with Crippen molar-refractivity contribution >= 4 is 11.2 Å². The summed E-state index contributed by atoms with van der Waals surface area (Å²) in [7, 11) is 3.31. The Morgan fingerprint density at radius 2 is 1.97 bits per heavy atom. The Morgan fingerprint density at radius 3 is 2.65 bits per heavy atom. The number of ether oxygens (including phenoxy) is 2. The number of piperidine rings is 1. The maximum absolute atomic E-state index is 12.8. The number of aromatic nitrogens is 4. The highest BCUT2D eigenvalue weighted by Crippen LogP contribution is 2.52. The minimum Gasteiger partial charge on any atom is -0.491 e. The topological polar surface area (TPSA) is 65.3 Å². The van der Waals surface area contributed by atoms with E-state index in [2.05, 4.69) is 24.4 Å². The van der Waals surface area contributed by atoms with E-state index in [0.29, 0.717) is 24.4 Å². The van der Waals surface area contributed by atoms with Crippen molar-refractivity contribution in [2.45, 2.75) is 12.7 Å². The Morgan fingerprint density at radius 1 is 1.19 bits per heavy atom. The van der Waals surface area contributed by atoms with Gasteiger partial charge in [0.05, 0.1) is 31.3 Å². The highest BCUT2D eigenvalue weighted by Gasteiger charge is 2.55. The average molecular weight is 433 g/mol. The first-order valence-corrected chi connectivity index (χ1v) is 10.1. The zero-order chi connectivity index (χ0) is 21.8. The summed E-state index contributed by atoms with van der Waals surface area (Å²) in [5, 5.41) is 0. The van der Waals surface area contributed by atoms with Gasteiger partial charge in [-0.05, 0) is 30.0 Å². The number of fused-ring (bicyclic) bond motifs is 2. The minimum absolute atomic E-state index is 0.00211. The lowest BCUT2D eigenvalue weighted by Gasteiger charge is -2.19. The van der Waals surface area contributed by atoms with Crippen LogP contribution >= 0.6 is 0 Å². The van der Waals surface area contributed by atoms with Gasteiger partial charge in [-0.25, -0.2) is 15.0 Å². The number of halogens is 3. The van der Waals surface area contributed by atoms with Gasteiger partial charge in [0.1, 0.15) is 5.82 Å². The van der Waals surface area contributed by atoms with Crippen molar-refractivity contribution in [2.75, 3.05) is 26.8 Å². The van der Waals surface area contributed by atoms with Crippen LogP contribution in [0.4, 0.5) is 13.2 Å². The Labute approximate surface area is 176 Å². The predicted molar refractivity (Wildman–Crippen MR) is 106 cm³/mol. The molecule has 0 aromatic carbocycles. The minimum atomic E-state index is -4.47. The highest BCUT2D eigenvalue weighted by atomic mass is 19.4. The van der Waals surface area contributed by atoms with Gasteiger partial charge >= 0.3 is 6.18 Å². The third-order valence-electron chi connectivity index (χ3n) is 6.34. The van der Waals surface area contributed by atoms with Crippen LogP contribution in [-0.2, 0) is 19.8 Å². The van der Waals surface area contributed by atoms with Gasteiger partial charge in [-0.15, -0.1) is 0 Å². The quantitative estimate of drug-likeness (QED) is 0.595. The van der Waals surface area contributed by atoms with E-state index in [1.807, 2.05) is 19.2 Å². The van der Waals surface area contributed by atoms with Crippen molar-refractivity contribution in [1.29, 1.82) is 0 Å². The van der Waals surface area contributed by atoms with Crippen LogP contribution in [-0.4, -0.2) is 51.2 Å². The van der Waals surface area contributed by atoms with Gasteiger partial charge in [0.15, 0.2) is 11.4 Å². The summed E-state index contributed by atoms with van der Waals surface area (Å²) in [6, 6.07) is 4.84. The molecule has 5 rings (SSSR count). The van der Waals surface area contributed by atoms with E-state index in [1.54, 1.807) is 6.20 Å². The summed E-state index contributed by atoms with van der Waals surface area (Å²) < 4.78 is 51.4. The Bertz CT molecular complexity index is 1100. The summed E-state index contributed by atoms with van der Waals surface area (Å²) in [6.07, 6.45) is -1.95. The number of alkyl halides is 3. The maximum Gasteiger partial charge on any atom is 0.418 e. The van der Waals surface area contributed by atoms with Crippen LogP contribution in [0, 0.1) is 17.8 Å². The van der Waals surface area contributed by atoms with Gasteiger partial charge in [0.25, 0.3) is 5.88 Å². The molecule has 0 spiro atoms. The van der Waals surface area contributed by atoms with Crippen molar-refractivity contribution in [3.8, 4) is 11.6 Å².